The molecule has 2 amide bonds. The smallest absolute Gasteiger partial charge is 0.407 e. The Kier molecular flexibility index (Phi) is 9.67. The van der Waals surface area contributed by atoms with E-state index in [1.54, 1.807) is 20.0 Å². The van der Waals surface area contributed by atoms with Gasteiger partial charge in [0.15, 0.2) is 11.4 Å². The minimum atomic E-state index is -1.18. The number of nitrogens with one attached hydrogen (secondary N) is 2. The molecule has 0 atom stereocenters. The summed E-state index contributed by atoms with van der Waals surface area (Å²) in [6.07, 6.45) is 3.71. The Bertz CT molecular complexity index is 1370. The number of hydrogen-bond donors (Lipinski definition) is 4. The molecule has 1 aromatic carbocycles. The molecule has 0 unspecified atom stereocenters. The standard InChI is InChI=1S/C29H34N6O6/c1-3-41-29(40)32-16-22-7-4-21(15-30-22)20-5-8-23(9-6-20)35-12-10-19(11-13-35)14-24-33-18(2)27(38)26(34-24)28(39)31-17-25(36)37/h4-9,15,19,38H,3,10-14,16-17H2,1-2H3,(H,31,39)(H,32,40)(H,36,37). The first-order chi connectivity index (χ1) is 19.7. The predicted molar refractivity (Wildman–Crippen MR) is 151 cm³/mol. The molecule has 1 aliphatic heterocycles. The van der Waals surface area contributed by atoms with Crippen molar-refractivity contribution in [2.45, 2.75) is 39.7 Å². The van der Waals surface area contributed by atoms with Gasteiger partial charge in [0.05, 0.1) is 24.5 Å². The largest absolute Gasteiger partial charge is 0.504 e. The third-order valence-corrected chi connectivity index (χ3v) is 6.89. The number of carbonyl (C=O) groups is 3. The first kappa shape index (κ1) is 29.2. The third-order valence-electron chi connectivity index (χ3n) is 6.89. The Balaban J connectivity index is 1.31. The van der Waals surface area contributed by atoms with E-state index in [1.165, 1.54) is 0 Å². The molecule has 0 spiro atoms. The fourth-order valence-corrected chi connectivity index (χ4v) is 4.68. The highest BCUT2D eigenvalue weighted by Gasteiger charge is 2.23. The molecular formula is C29H34N6O6. The van der Waals surface area contributed by atoms with Gasteiger partial charge in [-0.1, -0.05) is 18.2 Å². The number of aromatic hydroxyl groups is 1. The first-order valence-electron chi connectivity index (χ1n) is 13.5. The molecule has 1 fully saturated rings. The number of piperidine rings is 1. The molecule has 41 heavy (non-hydrogen) atoms. The molecule has 12 heteroatoms. The van der Waals surface area contributed by atoms with E-state index in [9.17, 15) is 19.5 Å². The van der Waals surface area contributed by atoms with Crippen molar-refractivity contribution in [3.05, 3.63) is 65.5 Å². The van der Waals surface area contributed by atoms with Gasteiger partial charge in [0.2, 0.25) is 0 Å². The summed E-state index contributed by atoms with van der Waals surface area (Å²) in [7, 11) is 0. The van der Waals surface area contributed by atoms with Crippen molar-refractivity contribution >= 4 is 23.7 Å². The molecule has 0 aliphatic carbocycles. The lowest BCUT2D eigenvalue weighted by Crippen LogP contribution is -2.34. The first-order valence-corrected chi connectivity index (χ1v) is 13.5. The van der Waals surface area contributed by atoms with Crippen LogP contribution in [0.15, 0.2) is 42.6 Å². The maximum Gasteiger partial charge on any atom is 0.407 e. The van der Waals surface area contributed by atoms with Crippen molar-refractivity contribution in [1.29, 1.82) is 0 Å². The monoisotopic (exact) mass is 562 g/mol. The van der Waals surface area contributed by atoms with Gasteiger partial charge in [-0.15, -0.1) is 0 Å². The van der Waals surface area contributed by atoms with E-state index in [4.69, 9.17) is 9.84 Å². The molecule has 2 aromatic heterocycles. The summed E-state index contributed by atoms with van der Waals surface area (Å²) in [6.45, 7) is 5.12. The van der Waals surface area contributed by atoms with E-state index in [0.29, 0.717) is 31.3 Å². The average molecular weight is 563 g/mol. The number of anilines is 1. The summed E-state index contributed by atoms with van der Waals surface area (Å²) in [4.78, 5) is 49.9. The quantitative estimate of drug-likeness (QED) is 0.288. The van der Waals surface area contributed by atoms with E-state index >= 15 is 0 Å². The van der Waals surface area contributed by atoms with Crippen LogP contribution in [0.25, 0.3) is 11.1 Å². The van der Waals surface area contributed by atoms with Crippen LogP contribution in [0.2, 0.25) is 0 Å². The van der Waals surface area contributed by atoms with E-state index in [2.05, 4.69) is 54.8 Å². The van der Waals surface area contributed by atoms with Crippen molar-refractivity contribution in [3.63, 3.8) is 0 Å². The van der Waals surface area contributed by atoms with Gasteiger partial charge in [0, 0.05) is 37.0 Å². The maximum atomic E-state index is 12.3. The number of aryl methyl sites for hydroxylation is 1. The van der Waals surface area contributed by atoms with E-state index in [0.717, 1.165) is 48.4 Å². The average Bonchev–Trinajstić information content (AvgIpc) is 2.97. The second-order valence-electron chi connectivity index (χ2n) is 9.79. The Hall–Kier alpha value is -4.74. The van der Waals surface area contributed by atoms with Crippen LogP contribution >= 0.6 is 0 Å². The van der Waals surface area contributed by atoms with Crippen LogP contribution in [0.1, 0.15) is 47.5 Å². The number of aliphatic carboxylic acids is 1. The van der Waals surface area contributed by atoms with Crippen molar-refractivity contribution in [3.8, 4) is 16.9 Å². The van der Waals surface area contributed by atoms with Gasteiger partial charge >= 0.3 is 12.1 Å². The summed E-state index contributed by atoms with van der Waals surface area (Å²) >= 11 is 0. The van der Waals surface area contributed by atoms with Gasteiger partial charge in [-0.05, 0) is 56.4 Å². The molecule has 1 saturated heterocycles. The second kappa shape index (κ2) is 13.6. The molecule has 4 rings (SSSR count). The lowest BCUT2D eigenvalue weighted by Gasteiger charge is -2.33. The van der Waals surface area contributed by atoms with E-state index in [-0.39, 0.29) is 17.1 Å². The zero-order chi connectivity index (χ0) is 29.4. The predicted octanol–water partition coefficient (Wildman–Crippen LogP) is 3.07. The minimum Gasteiger partial charge on any atom is -0.504 e. The summed E-state index contributed by atoms with van der Waals surface area (Å²) < 4.78 is 4.86. The van der Waals surface area contributed by atoms with Gasteiger partial charge < -0.3 is 30.5 Å². The summed E-state index contributed by atoms with van der Waals surface area (Å²) in [5.74, 6) is -1.49. The number of aromatic nitrogens is 3. The molecule has 4 N–H and O–H groups in total. The summed E-state index contributed by atoms with van der Waals surface area (Å²) in [5.41, 5.74) is 3.98. The number of nitrogens with zero attached hydrogens (tertiary/aromatic N) is 4. The second-order valence-corrected chi connectivity index (χ2v) is 9.79. The Morgan fingerprint density at radius 3 is 2.37 bits per heavy atom. The summed E-state index contributed by atoms with van der Waals surface area (Å²) in [6, 6.07) is 12.2. The highest BCUT2D eigenvalue weighted by atomic mass is 16.5. The highest BCUT2D eigenvalue weighted by Crippen LogP contribution is 2.28. The fourth-order valence-electron chi connectivity index (χ4n) is 4.68. The van der Waals surface area contributed by atoms with Crippen LogP contribution in [0.5, 0.6) is 5.75 Å². The maximum absolute atomic E-state index is 12.3. The Morgan fingerprint density at radius 1 is 1.02 bits per heavy atom. The zero-order valence-electron chi connectivity index (χ0n) is 23.1. The Morgan fingerprint density at radius 2 is 1.73 bits per heavy atom. The molecular weight excluding hydrogens is 528 g/mol. The van der Waals surface area contributed by atoms with Crippen LogP contribution in [0.4, 0.5) is 10.5 Å². The SMILES string of the molecule is CCOC(=O)NCc1ccc(-c2ccc(N3CCC(Cc4nc(C)c(O)c(C(=O)NCC(=O)O)n4)CC3)cc2)cn1. The lowest BCUT2D eigenvalue weighted by molar-refractivity contribution is -0.135. The molecule has 0 radical (unpaired) electrons. The van der Waals surface area contributed by atoms with E-state index in [1.807, 2.05) is 12.1 Å². The van der Waals surface area contributed by atoms with Crippen molar-refractivity contribution < 1.29 is 29.3 Å². The van der Waals surface area contributed by atoms with Crippen LogP contribution in [0, 0.1) is 12.8 Å². The van der Waals surface area contributed by atoms with Gasteiger partial charge in [0.1, 0.15) is 12.4 Å². The molecule has 0 saturated carbocycles. The van der Waals surface area contributed by atoms with Gasteiger partial charge in [-0.3, -0.25) is 14.6 Å². The third kappa shape index (κ3) is 7.90. The molecule has 216 valence electrons. The molecule has 3 heterocycles. The number of carboxylic acids is 1. The Labute approximate surface area is 237 Å². The van der Waals surface area contributed by atoms with Crippen LogP contribution in [-0.2, 0) is 22.5 Å². The van der Waals surface area contributed by atoms with Crippen molar-refractivity contribution in [2.75, 3.05) is 31.1 Å². The number of ether oxygens (including phenoxy) is 1. The fraction of sp³-hybridized carbons (Fsp3) is 0.379. The number of alkyl carbamates (subject to hydrolysis) is 1. The van der Waals surface area contributed by atoms with Crippen LogP contribution < -0.4 is 15.5 Å². The van der Waals surface area contributed by atoms with Gasteiger partial charge in [0.25, 0.3) is 5.91 Å². The van der Waals surface area contributed by atoms with Crippen LogP contribution in [0.3, 0.4) is 0 Å². The molecule has 12 nitrogen and oxygen atoms in total. The minimum absolute atomic E-state index is 0.204. The zero-order valence-corrected chi connectivity index (χ0v) is 23.1. The van der Waals surface area contributed by atoms with Gasteiger partial charge in [-0.2, -0.15) is 0 Å². The topological polar surface area (TPSA) is 167 Å². The van der Waals surface area contributed by atoms with Crippen molar-refractivity contribution in [1.82, 2.24) is 25.6 Å². The summed E-state index contributed by atoms with van der Waals surface area (Å²) in [5, 5.41) is 23.9. The number of carboxylic acid groups (broad SMARTS) is 1. The van der Waals surface area contributed by atoms with E-state index < -0.39 is 24.5 Å². The normalized spacial score (nSPS) is 13.5. The molecule has 0 bridgehead atoms. The lowest BCUT2D eigenvalue weighted by atomic mass is 9.92. The number of amides is 2. The molecule has 3 aromatic rings. The van der Waals surface area contributed by atoms with Crippen LogP contribution in [-0.4, -0.2) is 69.4 Å². The number of carbonyl (C=O) groups excluding carboxylic acids is 2. The number of pyridine rings is 1. The molecule has 1 aliphatic rings. The highest BCUT2D eigenvalue weighted by molar-refractivity contribution is 5.96. The number of rotatable bonds is 10. The van der Waals surface area contributed by atoms with Crippen molar-refractivity contribution in [2.24, 2.45) is 5.92 Å². The number of hydrogen-bond acceptors (Lipinski definition) is 9. The number of benzene rings is 1. The van der Waals surface area contributed by atoms with Gasteiger partial charge in [-0.25, -0.2) is 14.8 Å².